The fourth-order valence-electron chi connectivity index (χ4n) is 3.76. The van der Waals surface area contributed by atoms with Gasteiger partial charge >= 0.3 is 0 Å². The molecule has 0 unspecified atom stereocenters. The van der Waals surface area contributed by atoms with Crippen molar-refractivity contribution >= 4 is 29.1 Å². The molecule has 1 atom stereocenters. The molecule has 31 heavy (non-hydrogen) atoms. The zero-order valence-corrected chi connectivity index (χ0v) is 16.2. The zero-order valence-electron chi connectivity index (χ0n) is 16.2. The lowest BCUT2D eigenvalue weighted by Gasteiger charge is -2.24. The van der Waals surface area contributed by atoms with Gasteiger partial charge < -0.3 is 20.6 Å². The van der Waals surface area contributed by atoms with Crippen LogP contribution < -0.4 is 15.5 Å². The van der Waals surface area contributed by atoms with Crippen molar-refractivity contribution in [2.24, 2.45) is 0 Å². The zero-order chi connectivity index (χ0) is 22.3. The Balaban J connectivity index is 1.48. The minimum atomic E-state index is -2.40. The molecule has 4 rings (SSSR count). The third kappa shape index (κ3) is 3.74. The number of aliphatic hydroxyl groups is 1. The van der Waals surface area contributed by atoms with Gasteiger partial charge in [0.1, 0.15) is 5.82 Å². The number of carbonyl (C=O) groups excluding carboxylic acids is 3. The van der Waals surface area contributed by atoms with Crippen LogP contribution in [0.25, 0.3) is 0 Å². The number of hydrogen-bond donors (Lipinski definition) is 3. The number of anilines is 2. The van der Waals surface area contributed by atoms with Gasteiger partial charge in [-0.05, 0) is 36.2 Å². The van der Waals surface area contributed by atoms with Crippen LogP contribution in [-0.4, -0.2) is 35.0 Å². The monoisotopic (exact) mass is 433 g/mol. The van der Waals surface area contributed by atoms with E-state index in [1.807, 2.05) is 0 Å². The summed E-state index contributed by atoms with van der Waals surface area (Å²) in [4.78, 5) is 38.1. The molecule has 2 aliphatic rings. The summed E-state index contributed by atoms with van der Waals surface area (Å²) in [5.41, 5.74) is -0.917. The van der Waals surface area contributed by atoms with E-state index in [0.29, 0.717) is 30.3 Å². The molecule has 2 aliphatic heterocycles. The van der Waals surface area contributed by atoms with Gasteiger partial charge in [0, 0.05) is 48.9 Å². The van der Waals surface area contributed by atoms with Crippen LogP contribution in [0.15, 0.2) is 30.3 Å². The van der Waals surface area contributed by atoms with Crippen molar-refractivity contribution in [3.63, 3.8) is 0 Å². The minimum absolute atomic E-state index is 0.0524. The van der Waals surface area contributed by atoms with Gasteiger partial charge in [0.15, 0.2) is 11.6 Å². The first-order valence-corrected chi connectivity index (χ1v) is 9.58. The summed E-state index contributed by atoms with van der Waals surface area (Å²) in [6.45, 7) is -0.551. The number of benzene rings is 2. The quantitative estimate of drug-likeness (QED) is 0.506. The van der Waals surface area contributed by atoms with Crippen molar-refractivity contribution in [3.8, 4) is 0 Å². The predicted molar refractivity (Wildman–Crippen MR) is 103 cm³/mol. The Morgan fingerprint density at radius 3 is 2.71 bits per heavy atom. The van der Waals surface area contributed by atoms with Crippen LogP contribution in [0.3, 0.4) is 0 Å². The van der Waals surface area contributed by atoms with Crippen molar-refractivity contribution < 1.29 is 32.7 Å². The maximum Gasteiger partial charge on any atom is 0.268 e. The number of rotatable bonds is 4. The molecule has 10 heteroatoms. The van der Waals surface area contributed by atoms with Crippen molar-refractivity contribution in [2.45, 2.75) is 31.4 Å². The van der Waals surface area contributed by atoms with Gasteiger partial charge in [0.2, 0.25) is 11.5 Å². The molecule has 0 aromatic heterocycles. The Morgan fingerprint density at radius 1 is 1.16 bits per heavy atom. The predicted octanol–water partition coefficient (Wildman–Crippen LogP) is 1.77. The minimum Gasteiger partial charge on any atom is -0.372 e. The summed E-state index contributed by atoms with van der Waals surface area (Å²) in [5, 5.41) is 15.6. The second-order valence-electron chi connectivity index (χ2n) is 7.50. The normalized spacial score (nSPS) is 20.5. The second kappa shape index (κ2) is 7.69. The van der Waals surface area contributed by atoms with Crippen LogP contribution in [-0.2, 0) is 27.3 Å². The van der Waals surface area contributed by atoms with Gasteiger partial charge in [-0.3, -0.25) is 14.4 Å². The van der Waals surface area contributed by atoms with Crippen molar-refractivity contribution in [2.75, 3.05) is 16.8 Å². The average molecular weight is 433 g/mol. The van der Waals surface area contributed by atoms with Crippen molar-refractivity contribution in [1.29, 1.82) is 0 Å². The molecule has 7 nitrogen and oxygen atoms in total. The summed E-state index contributed by atoms with van der Waals surface area (Å²) in [6.07, 6.45) is 0.594. The highest BCUT2D eigenvalue weighted by Crippen LogP contribution is 2.33. The summed E-state index contributed by atoms with van der Waals surface area (Å²) in [7, 11) is 0. The number of carbonyl (C=O) groups is 3. The molecule has 162 valence electrons. The third-order valence-electron chi connectivity index (χ3n) is 5.48. The summed E-state index contributed by atoms with van der Waals surface area (Å²) < 4.78 is 40.4. The molecule has 1 fully saturated rings. The van der Waals surface area contributed by atoms with Crippen molar-refractivity contribution in [1.82, 2.24) is 5.32 Å². The van der Waals surface area contributed by atoms with E-state index in [9.17, 15) is 32.7 Å². The molecule has 0 saturated carbocycles. The molecule has 0 aliphatic carbocycles. The molecule has 0 spiro atoms. The topological polar surface area (TPSA) is 98.7 Å². The van der Waals surface area contributed by atoms with E-state index in [-0.39, 0.29) is 18.9 Å². The molecule has 0 bridgehead atoms. The first-order valence-electron chi connectivity index (χ1n) is 9.58. The lowest BCUT2D eigenvalue weighted by atomic mass is 10.0. The van der Waals surface area contributed by atoms with Gasteiger partial charge in [-0.1, -0.05) is 0 Å². The molecule has 3 N–H and O–H groups in total. The Bertz CT molecular complexity index is 1110. The lowest BCUT2D eigenvalue weighted by molar-refractivity contribution is -0.149. The van der Waals surface area contributed by atoms with E-state index < -0.39 is 47.0 Å². The number of nitrogens with zero attached hydrogens (tertiary/aromatic N) is 1. The summed E-state index contributed by atoms with van der Waals surface area (Å²) >= 11 is 0. The van der Waals surface area contributed by atoms with E-state index in [4.69, 9.17) is 0 Å². The van der Waals surface area contributed by atoms with Crippen LogP contribution >= 0.6 is 0 Å². The third-order valence-corrected chi connectivity index (χ3v) is 5.48. The molecule has 2 aromatic rings. The Morgan fingerprint density at radius 2 is 1.94 bits per heavy atom. The van der Waals surface area contributed by atoms with Gasteiger partial charge in [-0.15, -0.1) is 0 Å². The Labute approximate surface area is 174 Å². The first kappa shape index (κ1) is 20.9. The largest absolute Gasteiger partial charge is 0.372 e. The number of halogens is 3. The van der Waals surface area contributed by atoms with Crippen LogP contribution in [0.5, 0.6) is 0 Å². The van der Waals surface area contributed by atoms with E-state index in [0.717, 1.165) is 11.6 Å². The van der Waals surface area contributed by atoms with E-state index in [1.165, 1.54) is 4.90 Å². The molecule has 0 radical (unpaired) electrons. The SMILES string of the molecule is O=C1CCc2cc(N3CC[C@](O)(C(=O)NCc4cc(F)cc(F)c4F)C3=O)ccc2N1. The standard InChI is InChI=1S/C21H18F3N3O4/c22-13-7-12(18(24)15(23)9-13)10-25-19(29)21(31)5-6-27(20(21)30)14-2-3-16-11(8-14)1-4-17(28)26-16/h2-3,7-9,31H,1,4-6,10H2,(H,25,29)(H,26,28)/t21-/m0/s1. The van der Waals surface area contributed by atoms with E-state index >= 15 is 0 Å². The highest BCUT2D eigenvalue weighted by molar-refractivity contribution is 6.16. The molecule has 2 aromatic carbocycles. The maximum atomic E-state index is 13.8. The maximum absolute atomic E-state index is 13.8. The van der Waals surface area contributed by atoms with E-state index in [2.05, 4.69) is 10.6 Å². The summed E-state index contributed by atoms with van der Waals surface area (Å²) in [5.74, 6) is -5.80. The van der Waals surface area contributed by atoms with Gasteiger partial charge in [0.05, 0.1) is 0 Å². The van der Waals surface area contributed by atoms with Gasteiger partial charge in [-0.25, -0.2) is 13.2 Å². The number of amides is 3. The number of nitrogens with one attached hydrogen (secondary N) is 2. The van der Waals surface area contributed by atoms with Gasteiger partial charge in [0.25, 0.3) is 11.8 Å². The highest BCUT2D eigenvalue weighted by Gasteiger charge is 2.51. The highest BCUT2D eigenvalue weighted by atomic mass is 19.2. The van der Waals surface area contributed by atoms with Crippen LogP contribution in [0.4, 0.5) is 24.5 Å². The van der Waals surface area contributed by atoms with Gasteiger partial charge in [-0.2, -0.15) is 0 Å². The fraction of sp³-hybridized carbons (Fsp3) is 0.286. The lowest BCUT2D eigenvalue weighted by Crippen LogP contribution is -2.52. The summed E-state index contributed by atoms with van der Waals surface area (Å²) in [6, 6.07) is 6.04. The van der Waals surface area contributed by atoms with Crippen LogP contribution in [0.1, 0.15) is 24.0 Å². The molecular weight excluding hydrogens is 415 g/mol. The van der Waals surface area contributed by atoms with Crippen molar-refractivity contribution in [3.05, 3.63) is 58.9 Å². The molecular formula is C21H18F3N3O4. The fourth-order valence-corrected chi connectivity index (χ4v) is 3.76. The molecule has 3 amide bonds. The number of fused-ring (bicyclic) bond motifs is 1. The van der Waals surface area contributed by atoms with E-state index in [1.54, 1.807) is 18.2 Å². The average Bonchev–Trinajstić information content (AvgIpc) is 3.04. The van der Waals surface area contributed by atoms with Crippen LogP contribution in [0, 0.1) is 17.5 Å². The first-order chi connectivity index (χ1) is 14.7. The van der Waals surface area contributed by atoms with Crippen LogP contribution in [0.2, 0.25) is 0 Å². The Kier molecular flexibility index (Phi) is 5.18. The number of aryl methyl sites for hydroxylation is 1. The second-order valence-corrected chi connectivity index (χ2v) is 7.50. The Hall–Kier alpha value is -3.40. The number of hydrogen-bond acceptors (Lipinski definition) is 4. The molecule has 2 heterocycles. The molecule has 1 saturated heterocycles. The smallest absolute Gasteiger partial charge is 0.268 e.